The SMILES string of the molecule is CCCN(CC(NC)(C(=O)OC)c1ccccc1)C(C)C. The number of hydrogen-bond acceptors (Lipinski definition) is 4. The minimum Gasteiger partial charge on any atom is -0.467 e. The largest absolute Gasteiger partial charge is 0.467 e. The second-order valence-corrected chi connectivity index (χ2v) is 5.58. The van der Waals surface area contributed by atoms with Crippen LogP contribution >= 0.6 is 0 Å². The minimum absolute atomic E-state index is 0.252. The van der Waals surface area contributed by atoms with Gasteiger partial charge in [-0.2, -0.15) is 0 Å². The Bertz CT molecular complexity index is 434. The predicted octanol–water partition coefficient (Wildman–Crippen LogP) is 2.39. The first-order valence-electron chi connectivity index (χ1n) is 7.58. The third-order valence-corrected chi connectivity index (χ3v) is 3.91. The van der Waals surface area contributed by atoms with E-state index in [-0.39, 0.29) is 5.97 Å². The molecule has 0 bridgehead atoms. The highest BCUT2D eigenvalue weighted by atomic mass is 16.5. The maximum absolute atomic E-state index is 12.5. The Morgan fingerprint density at radius 1 is 1.33 bits per heavy atom. The molecule has 0 aliphatic carbocycles. The van der Waals surface area contributed by atoms with Gasteiger partial charge >= 0.3 is 5.97 Å². The van der Waals surface area contributed by atoms with Gasteiger partial charge in [0, 0.05) is 12.6 Å². The predicted molar refractivity (Wildman–Crippen MR) is 86.2 cm³/mol. The quantitative estimate of drug-likeness (QED) is 0.747. The number of carbonyl (C=O) groups is 1. The molecule has 118 valence electrons. The first-order chi connectivity index (χ1) is 10.0. The number of nitrogens with one attached hydrogen (secondary N) is 1. The third-order valence-electron chi connectivity index (χ3n) is 3.91. The molecular weight excluding hydrogens is 264 g/mol. The maximum Gasteiger partial charge on any atom is 0.332 e. The summed E-state index contributed by atoms with van der Waals surface area (Å²) in [6.07, 6.45) is 1.05. The first kappa shape index (κ1) is 17.7. The highest BCUT2D eigenvalue weighted by molar-refractivity contribution is 5.83. The Hall–Kier alpha value is -1.39. The summed E-state index contributed by atoms with van der Waals surface area (Å²) in [5.41, 5.74) is 0.0937. The van der Waals surface area contributed by atoms with Crippen LogP contribution in [0.25, 0.3) is 0 Å². The minimum atomic E-state index is -0.838. The maximum atomic E-state index is 12.5. The van der Waals surface area contributed by atoms with Crippen molar-refractivity contribution in [2.24, 2.45) is 0 Å². The lowest BCUT2D eigenvalue weighted by molar-refractivity contribution is -0.150. The van der Waals surface area contributed by atoms with Crippen molar-refractivity contribution in [3.05, 3.63) is 35.9 Å². The second-order valence-electron chi connectivity index (χ2n) is 5.58. The van der Waals surface area contributed by atoms with Gasteiger partial charge in [0.05, 0.1) is 7.11 Å². The molecule has 0 heterocycles. The number of hydrogen-bond donors (Lipinski definition) is 1. The lowest BCUT2D eigenvalue weighted by atomic mass is 9.88. The average molecular weight is 292 g/mol. The van der Waals surface area contributed by atoms with Crippen LogP contribution in [0.15, 0.2) is 30.3 Å². The van der Waals surface area contributed by atoms with Crippen LogP contribution < -0.4 is 5.32 Å². The van der Waals surface area contributed by atoms with E-state index in [4.69, 9.17) is 4.74 Å². The number of methoxy groups -OCH3 is 1. The molecule has 0 aliphatic rings. The van der Waals surface area contributed by atoms with E-state index in [0.29, 0.717) is 12.6 Å². The van der Waals surface area contributed by atoms with Gasteiger partial charge < -0.3 is 10.1 Å². The summed E-state index contributed by atoms with van der Waals surface area (Å²) in [6, 6.07) is 10.2. The van der Waals surface area contributed by atoms with Crippen molar-refractivity contribution in [2.45, 2.75) is 38.8 Å². The van der Waals surface area contributed by atoms with Crippen molar-refractivity contribution in [3.63, 3.8) is 0 Å². The van der Waals surface area contributed by atoms with E-state index in [1.807, 2.05) is 37.4 Å². The number of likely N-dealkylation sites (N-methyl/N-ethyl adjacent to an activating group) is 1. The molecular formula is C17H28N2O2. The van der Waals surface area contributed by atoms with Crippen LogP contribution in [0.3, 0.4) is 0 Å². The molecule has 0 aliphatic heterocycles. The summed E-state index contributed by atoms with van der Waals surface area (Å²) in [5.74, 6) is -0.252. The molecule has 0 radical (unpaired) electrons. The molecule has 4 heteroatoms. The van der Waals surface area contributed by atoms with E-state index in [1.54, 1.807) is 0 Å². The number of esters is 1. The van der Waals surface area contributed by atoms with Gasteiger partial charge in [-0.25, -0.2) is 4.79 Å². The smallest absolute Gasteiger partial charge is 0.332 e. The summed E-state index contributed by atoms with van der Waals surface area (Å²) in [6.45, 7) is 7.99. The standard InChI is InChI=1S/C17H28N2O2/c1-6-12-19(14(2)3)13-17(18-4,16(20)21-5)15-10-8-7-9-11-15/h7-11,14,18H,6,12-13H2,1-5H3. The van der Waals surface area contributed by atoms with Crippen molar-refractivity contribution in [1.82, 2.24) is 10.2 Å². The zero-order chi connectivity index (χ0) is 15.9. The van der Waals surface area contributed by atoms with Gasteiger partial charge in [-0.15, -0.1) is 0 Å². The van der Waals surface area contributed by atoms with Crippen molar-refractivity contribution in [2.75, 3.05) is 27.2 Å². The lowest BCUT2D eigenvalue weighted by Crippen LogP contribution is -2.56. The third kappa shape index (κ3) is 4.05. The van der Waals surface area contributed by atoms with Crippen LogP contribution in [0, 0.1) is 0 Å². The molecule has 1 unspecified atom stereocenters. The molecule has 1 rings (SSSR count). The van der Waals surface area contributed by atoms with Crippen LogP contribution in [0.1, 0.15) is 32.8 Å². The summed E-state index contributed by atoms with van der Waals surface area (Å²) >= 11 is 0. The molecule has 1 atom stereocenters. The molecule has 0 aromatic heterocycles. The highest BCUT2D eigenvalue weighted by Gasteiger charge is 2.41. The Balaban J connectivity index is 3.21. The highest BCUT2D eigenvalue weighted by Crippen LogP contribution is 2.25. The van der Waals surface area contributed by atoms with Gasteiger partial charge in [0.2, 0.25) is 0 Å². The van der Waals surface area contributed by atoms with E-state index in [2.05, 4.69) is 31.0 Å². The van der Waals surface area contributed by atoms with Gasteiger partial charge in [-0.1, -0.05) is 37.3 Å². The van der Waals surface area contributed by atoms with E-state index in [1.165, 1.54) is 7.11 Å². The van der Waals surface area contributed by atoms with E-state index in [0.717, 1.165) is 18.5 Å². The molecule has 0 saturated heterocycles. The first-order valence-corrected chi connectivity index (χ1v) is 7.58. The Morgan fingerprint density at radius 2 is 1.95 bits per heavy atom. The second kappa shape index (κ2) is 8.15. The topological polar surface area (TPSA) is 41.6 Å². The van der Waals surface area contributed by atoms with Crippen LogP contribution in [-0.2, 0) is 15.1 Å². The molecule has 1 N–H and O–H groups in total. The van der Waals surface area contributed by atoms with Crippen LogP contribution in [0.5, 0.6) is 0 Å². The summed E-state index contributed by atoms with van der Waals surface area (Å²) in [7, 11) is 3.26. The zero-order valence-corrected chi connectivity index (χ0v) is 13.8. The fraction of sp³-hybridized carbons (Fsp3) is 0.588. The molecule has 1 aromatic carbocycles. The van der Waals surface area contributed by atoms with Crippen LogP contribution in [-0.4, -0.2) is 44.2 Å². The average Bonchev–Trinajstić information content (AvgIpc) is 2.51. The molecule has 0 spiro atoms. The summed E-state index contributed by atoms with van der Waals surface area (Å²) in [5, 5.41) is 3.21. The number of benzene rings is 1. The lowest BCUT2D eigenvalue weighted by Gasteiger charge is -2.38. The zero-order valence-electron chi connectivity index (χ0n) is 13.8. The van der Waals surface area contributed by atoms with Gasteiger partial charge in [-0.05, 0) is 39.4 Å². The van der Waals surface area contributed by atoms with Gasteiger partial charge in [0.1, 0.15) is 0 Å². The van der Waals surface area contributed by atoms with Crippen LogP contribution in [0.4, 0.5) is 0 Å². The molecule has 0 amide bonds. The summed E-state index contributed by atoms with van der Waals surface area (Å²) < 4.78 is 5.09. The van der Waals surface area contributed by atoms with E-state index in [9.17, 15) is 4.79 Å². The normalized spacial score (nSPS) is 14.2. The number of nitrogens with zero attached hydrogens (tertiary/aromatic N) is 1. The fourth-order valence-electron chi connectivity index (χ4n) is 2.61. The van der Waals surface area contributed by atoms with E-state index >= 15 is 0 Å². The van der Waals surface area contributed by atoms with Crippen molar-refractivity contribution in [1.29, 1.82) is 0 Å². The van der Waals surface area contributed by atoms with E-state index < -0.39 is 5.54 Å². The molecule has 1 aromatic rings. The molecule has 4 nitrogen and oxygen atoms in total. The van der Waals surface area contributed by atoms with Gasteiger partial charge in [0.25, 0.3) is 0 Å². The van der Waals surface area contributed by atoms with Gasteiger partial charge in [0.15, 0.2) is 5.54 Å². The number of carbonyl (C=O) groups excluding carboxylic acids is 1. The molecule has 0 saturated carbocycles. The number of ether oxygens (including phenoxy) is 1. The Morgan fingerprint density at radius 3 is 2.38 bits per heavy atom. The Kier molecular flexibility index (Phi) is 6.85. The van der Waals surface area contributed by atoms with Gasteiger partial charge in [-0.3, -0.25) is 4.90 Å². The molecule has 0 fully saturated rings. The number of rotatable bonds is 8. The Labute approximate surface area is 128 Å². The van der Waals surface area contributed by atoms with Crippen molar-refractivity contribution < 1.29 is 9.53 Å². The molecule has 21 heavy (non-hydrogen) atoms. The van der Waals surface area contributed by atoms with Crippen molar-refractivity contribution >= 4 is 5.97 Å². The summed E-state index contributed by atoms with van der Waals surface area (Å²) in [4.78, 5) is 14.8. The fourth-order valence-corrected chi connectivity index (χ4v) is 2.61. The van der Waals surface area contributed by atoms with Crippen molar-refractivity contribution in [3.8, 4) is 0 Å². The monoisotopic (exact) mass is 292 g/mol. The van der Waals surface area contributed by atoms with Crippen LogP contribution in [0.2, 0.25) is 0 Å².